The molecule has 0 saturated heterocycles. The number of carbonyl (C=O) groups is 1. The van der Waals surface area contributed by atoms with Gasteiger partial charge in [0.25, 0.3) is 0 Å². The molecule has 1 aliphatic carbocycles. The molecule has 16 heavy (non-hydrogen) atoms. The van der Waals surface area contributed by atoms with E-state index in [4.69, 9.17) is 0 Å². The molecule has 0 N–H and O–H groups in total. The normalized spacial score (nSPS) is 22.7. The van der Waals surface area contributed by atoms with E-state index in [0.29, 0.717) is 18.6 Å². The number of carbonyl (C=O) groups excluding carboxylic acids is 1. The fraction of sp³-hybridized carbons (Fsp3) is 0.500. The molecule has 1 aliphatic rings. The first-order valence-electron chi connectivity index (χ1n) is 5.27. The molecule has 4 heteroatoms. The fourth-order valence-electron chi connectivity index (χ4n) is 2.09. The summed E-state index contributed by atoms with van der Waals surface area (Å²) in [6.07, 6.45) is 2.12. The maximum Gasteiger partial charge on any atom is 0.139 e. The van der Waals surface area contributed by atoms with Crippen molar-refractivity contribution in [1.82, 2.24) is 0 Å². The number of ketones is 1. The Balaban J connectivity index is 2.25. The number of rotatable bonds is 1. The Hall–Kier alpha value is -0.480. The monoisotopic (exact) mass is 299 g/mol. The molecule has 1 aromatic heterocycles. The summed E-state index contributed by atoms with van der Waals surface area (Å²) in [6.45, 7) is 4.26. The van der Waals surface area contributed by atoms with Crippen LogP contribution in [0, 0.1) is 5.41 Å². The summed E-state index contributed by atoms with van der Waals surface area (Å²) in [6, 6.07) is 1.99. The van der Waals surface area contributed by atoms with Gasteiger partial charge in [0.2, 0.25) is 0 Å². The third-order valence-corrected chi connectivity index (χ3v) is 4.33. The van der Waals surface area contributed by atoms with Crippen LogP contribution in [0.2, 0.25) is 0 Å². The molecule has 1 fully saturated rings. The SMILES string of the molecule is CC1(C)CC(=O)CC(=Nc2sccc2Br)C1. The number of aliphatic imine (C=N–C) groups is 1. The van der Waals surface area contributed by atoms with Crippen LogP contribution < -0.4 is 0 Å². The highest BCUT2D eigenvalue weighted by molar-refractivity contribution is 9.10. The average Bonchev–Trinajstić information content (AvgIpc) is 2.48. The summed E-state index contributed by atoms with van der Waals surface area (Å²) in [5, 5.41) is 2.97. The van der Waals surface area contributed by atoms with Gasteiger partial charge < -0.3 is 0 Å². The van der Waals surface area contributed by atoms with E-state index >= 15 is 0 Å². The average molecular weight is 300 g/mol. The van der Waals surface area contributed by atoms with Gasteiger partial charge >= 0.3 is 0 Å². The van der Waals surface area contributed by atoms with E-state index in [1.165, 1.54) is 0 Å². The second-order valence-electron chi connectivity index (χ2n) is 4.98. The van der Waals surface area contributed by atoms with Crippen molar-refractivity contribution < 1.29 is 4.79 Å². The highest BCUT2D eigenvalue weighted by atomic mass is 79.9. The lowest BCUT2D eigenvalue weighted by Crippen LogP contribution is -2.28. The quantitative estimate of drug-likeness (QED) is 0.757. The minimum atomic E-state index is 0.0674. The van der Waals surface area contributed by atoms with E-state index in [1.807, 2.05) is 11.4 Å². The Morgan fingerprint density at radius 2 is 2.19 bits per heavy atom. The standard InChI is InChI=1S/C12H14BrNOS/c1-12(2)6-8(5-9(15)7-12)14-11-10(13)3-4-16-11/h3-4H,5-7H2,1-2H3. The predicted molar refractivity (Wildman–Crippen MR) is 71.8 cm³/mol. The molecule has 1 heterocycles. The van der Waals surface area contributed by atoms with Gasteiger partial charge in [-0.2, -0.15) is 0 Å². The van der Waals surface area contributed by atoms with Gasteiger partial charge in [-0.3, -0.25) is 4.79 Å². The topological polar surface area (TPSA) is 29.4 Å². The summed E-state index contributed by atoms with van der Waals surface area (Å²) < 4.78 is 1.01. The molecule has 0 bridgehead atoms. The second kappa shape index (κ2) is 4.41. The highest BCUT2D eigenvalue weighted by Crippen LogP contribution is 2.36. The van der Waals surface area contributed by atoms with Gasteiger partial charge in [-0.05, 0) is 39.2 Å². The summed E-state index contributed by atoms with van der Waals surface area (Å²) in [5.74, 6) is 0.308. The van der Waals surface area contributed by atoms with Crippen molar-refractivity contribution >= 4 is 43.8 Å². The van der Waals surface area contributed by atoms with E-state index in [2.05, 4.69) is 34.8 Å². The van der Waals surface area contributed by atoms with Gasteiger partial charge in [0.1, 0.15) is 10.8 Å². The molecular weight excluding hydrogens is 286 g/mol. The Labute approximate surface area is 108 Å². The van der Waals surface area contributed by atoms with Crippen LogP contribution in [0.3, 0.4) is 0 Å². The zero-order valence-corrected chi connectivity index (χ0v) is 11.8. The molecule has 1 aromatic rings. The minimum absolute atomic E-state index is 0.0674. The van der Waals surface area contributed by atoms with Crippen LogP contribution in [0.1, 0.15) is 33.1 Å². The van der Waals surface area contributed by atoms with Crippen LogP contribution >= 0.6 is 27.3 Å². The van der Waals surface area contributed by atoms with Gasteiger partial charge in [-0.1, -0.05) is 13.8 Å². The first kappa shape index (κ1) is 12.0. The van der Waals surface area contributed by atoms with Crippen molar-refractivity contribution in [2.45, 2.75) is 33.1 Å². The summed E-state index contributed by atoms with van der Waals surface area (Å²) >= 11 is 5.05. The molecule has 0 aromatic carbocycles. The van der Waals surface area contributed by atoms with Crippen LogP contribution in [0.15, 0.2) is 20.9 Å². The summed E-state index contributed by atoms with van der Waals surface area (Å²) in [5.41, 5.74) is 1.09. The number of Topliss-reactive ketones (excluding diaryl/α,β-unsaturated/α-hetero) is 1. The molecule has 2 nitrogen and oxygen atoms in total. The molecule has 1 saturated carbocycles. The number of hydrogen-bond acceptors (Lipinski definition) is 3. The van der Waals surface area contributed by atoms with Crippen molar-refractivity contribution in [3.05, 3.63) is 15.9 Å². The Morgan fingerprint density at radius 1 is 1.44 bits per heavy atom. The molecule has 0 spiro atoms. The lowest BCUT2D eigenvalue weighted by atomic mass is 9.76. The number of hydrogen-bond donors (Lipinski definition) is 0. The van der Waals surface area contributed by atoms with Gasteiger partial charge in [-0.25, -0.2) is 4.99 Å². The molecule has 0 amide bonds. The summed E-state index contributed by atoms with van der Waals surface area (Å²) in [7, 11) is 0. The molecule has 0 aliphatic heterocycles. The third-order valence-electron chi connectivity index (χ3n) is 2.62. The number of nitrogens with zero attached hydrogens (tertiary/aromatic N) is 1. The molecule has 0 unspecified atom stereocenters. The van der Waals surface area contributed by atoms with Crippen molar-refractivity contribution in [3.8, 4) is 0 Å². The number of thiophene rings is 1. The smallest absolute Gasteiger partial charge is 0.139 e. The lowest BCUT2D eigenvalue weighted by Gasteiger charge is -2.29. The second-order valence-corrected chi connectivity index (χ2v) is 6.73. The molecule has 0 atom stereocenters. The maximum absolute atomic E-state index is 11.6. The Kier molecular flexibility index (Phi) is 3.31. The van der Waals surface area contributed by atoms with E-state index in [0.717, 1.165) is 21.6 Å². The first-order chi connectivity index (χ1) is 7.46. The minimum Gasteiger partial charge on any atom is -0.299 e. The first-order valence-corrected chi connectivity index (χ1v) is 6.95. The van der Waals surface area contributed by atoms with Crippen molar-refractivity contribution in [3.63, 3.8) is 0 Å². The Bertz CT molecular complexity index is 448. The Morgan fingerprint density at radius 3 is 2.75 bits per heavy atom. The van der Waals surface area contributed by atoms with Gasteiger partial charge in [0.05, 0.1) is 4.47 Å². The largest absolute Gasteiger partial charge is 0.299 e. The zero-order valence-electron chi connectivity index (χ0n) is 9.42. The molecule has 2 rings (SSSR count). The van der Waals surface area contributed by atoms with Gasteiger partial charge in [-0.15, -0.1) is 11.3 Å². The lowest BCUT2D eigenvalue weighted by molar-refractivity contribution is -0.120. The van der Waals surface area contributed by atoms with Crippen LogP contribution in [-0.4, -0.2) is 11.5 Å². The van der Waals surface area contributed by atoms with E-state index < -0.39 is 0 Å². The van der Waals surface area contributed by atoms with Gasteiger partial charge in [0, 0.05) is 18.6 Å². The molecule has 0 radical (unpaired) electrons. The molecule has 86 valence electrons. The molecular formula is C12H14BrNOS. The van der Waals surface area contributed by atoms with E-state index in [9.17, 15) is 4.79 Å². The fourth-order valence-corrected chi connectivity index (χ4v) is 3.46. The zero-order chi connectivity index (χ0) is 11.8. The van der Waals surface area contributed by atoms with Crippen molar-refractivity contribution in [1.29, 1.82) is 0 Å². The summed E-state index contributed by atoms with van der Waals surface area (Å²) in [4.78, 5) is 16.2. The van der Waals surface area contributed by atoms with Crippen molar-refractivity contribution in [2.24, 2.45) is 10.4 Å². The van der Waals surface area contributed by atoms with Crippen LogP contribution in [0.5, 0.6) is 0 Å². The van der Waals surface area contributed by atoms with Gasteiger partial charge in [0.15, 0.2) is 0 Å². The van der Waals surface area contributed by atoms with E-state index in [-0.39, 0.29) is 5.41 Å². The van der Waals surface area contributed by atoms with Crippen LogP contribution in [0.25, 0.3) is 0 Å². The number of halogens is 1. The highest BCUT2D eigenvalue weighted by Gasteiger charge is 2.30. The third kappa shape index (κ3) is 2.80. The van der Waals surface area contributed by atoms with Crippen molar-refractivity contribution in [2.75, 3.05) is 0 Å². The maximum atomic E-state index is 11.6. The predicted octanol–water partition coefficient (Wildman–Crippen LogP) is 4.36. The van der Waals surface area contributed by atoms with Crippen LogP contribution in [0.4, 0.5) is 5.00 Å². The van der Waals surface area contributed by atoms with Crippen LogP contribution in [-0.2, 0) is 4.79 Å². The van der Waals surface area contributed by atoms with E-state index in [1.54, 1.807) is 11.3 Å².